The SMILES string of the molecule is COCc1nc(N)cc(NC(C)(C)C(N)=O)n1. The van der Waals surface area contributed by atoms with E-state index in [1.54, 1.807) is 13.8 Å². The lowest BCUT2D eigenvalue weighted by Gasteiger charge is -2.23. The Bertz CT molecular complexity index is 419. The van der Waals surface area contributed by atoms with Gasteiger partial charge in [0.05, 0.1) is 0 Å². The zero-order valence-electron chi connectivity index (χ0n) is 10.2. The summed E-state index contributed by atoms with van der Waals surface area (Å²) < 4.78 is 4.92. The molecule has 1 aromatic rings. The molecule has 0 aromatic carbocycles. The minimum atomic E-state index is -0.912. The summed E-state index contributed by atoms with van der Waals surface area (Å²) in [7, 11) is 1.53. The molecule has 1 aromatic heterocycles. The van der Waals surface area contributed by atoms with Gasteiger partial charge in [0, 0.05) is 13.2 Å². The van der Waals surface area contributed by atoms with E-state index in [0.717, 1.165) is 0 Å². The molecule has 0 saturated heterocycles. The molecule has 0 fully saturated rings. The number of nitrogen functional groups attached to an aromatic ring is 1. The van der Waals surface area contributed by atoms with E-state index in [-0.39, 0.29) is 6.61 Å². The first-order valence-corrected chi connectivity index (χ1v) is 5.05. The zero-order valence-corrected chi connectivity index (χ0v) is 10.2. The number of ether oxygens (including phenoxy) is 1. The number of rotatable bonds is 5. The molecule has 94 valence electrons. The average molecular weight is 239 g/mol. The van der Waals surface area contributed by atoms with Gasteiger partial charge in [-0.25, -0.2) is 9.97 Å². The van der Waals surface area contributed by atoms with Gasteiger partial charge in [0.1, 0.15) is 23.8 Å². The van der Waals surface area contributed by atoms with Crippen LogP contribution >= 0.6 is 0 Å². The first kappa shape index (κ1) is 13.2. The molecule has 0 spiro atoms. The van der Waals surface area contributed by atoms with Crippen LogP contribution in [0.25, 0.3) is 0 Å². The predicted molar refractivity (Wildman–Crippen MR) is 64.1 cm³/mol. The predicted octanol–water partition coefficient (Wildman–Crippen LogP) is -0.119. The van der Waals surface area contributed by atoms with Gasteiger partial charge in [0.2, 0.25) is 5.91 Å². The van der Waals surface area contributed by atoms with Crippen molar-refractivity contribution in [3.8, 4) is 0 Å². The van der Waals surface area contributed by atoms with Gasteiger partial charge in [-0.15, -0.1) is 0 Å². The Hall–Kier alpha value is -1.89. The Morgan fingerprint density at radius 1 is 1.53 bits per heavy atom. The van der Waals surface area contributed by atoms with E-state index in [4.69, 9.17) is 16.2 Å². The molecule has 0 bridgehead atoms. The van der Waals surface area contributed by atoms with Gasteiger partial charge in [-0.05, 0) is 13.8 Å². The molecule has 0 atom stereocenters. The molecule has 0 saturated carbocycles. The monoisotopic (exact) mass is 239 g/mol. The Kier molecular flexibility index (Phi) is 3.84. The number of aromatic nitrogens is 2. The molecule has 0 unspecified atom stereocenters. The fraction of sp³-hybridized carbons (Fsp3) is 0.500. The highest BCUT2D eigenvalue weighted by atomic mass is 16.5. The highest BCUT2D eigenvalue weighted by Gasteiger charge is 2.25. The lowest BCUT2D eigenvalue weighted by molar-refractivity contribution is -0.121. The third-order valence-corrected chi connectivity index (χ3v) is 2.12. The van der Waals surface area contributed by atoms with Gasteiger partial charge >= 0.3 is 0 Å². The maximum atomic E-state index is 11.2. The number of carbonyl (C=O) groups is 1. The fourth-order valence-electron chi connectivity index (χ4n) is 1.16. The summed E-state index contributed by atoms with van der Waals surface area (Å²) in [6.45, 7) is 3.56. The Labute approximate surface area is 99.6 Å². The number of hydrogen-bond acceptors (Lipinski definition) is 6. The summed E-state index contributed by atoms with van der Waals surface area (Å²) in [6.07, 6.45) is 0. The molecule has 0 aliphatic carbocycles. The van der Waals surface area contributed by atoms with Gasteiger partial charge in [-0.2, -0.15) is 0 Å². The van der Waals surface area contributed by atoms with Gasteiger partial charge in [-0.3, -0.25) is 4.79 Å². The van der Waals surface area contributed by atoms with Crippen LogP contribution in [0.15, 0.2) is 6.07 Å². The molecule has 0 aliphatic rings. The number of nitrogens with zero attached hydrogens (tertiary/aromatic N) is 2. The first-order valence-electron chi connectivity index (χ1n) is 5.05. The van der Waals surface area contributed by atoms with E-state index in [2.05, 4.69) is 15.3 Å². The van der Waals surface area contributed by atoms with E-state index in [9.17, 15) is 4.79 Å². The third-order valence-electron chi connectivity index (χ3n) is 2.12. The highest BCUT2D eigenvalue weighted by molar-refractivity contribution is 5.86. The minimum Gasteiger partial charge on any atom is -0.384 e. The molecular formula is C10H17N5O2. The van der Waals surface area contributed by atoms with Crippen LogP contribution in [0.5, 0.6) is 0 Å². The summed E-state index contributed by atoms with van der Waals surface area (Å²) in [4.78, 5) is 19.3. The number of hydrogen-bond donors (Lipinski definition) is 3. The zero-order chi connectivity index (χ0) is 13.1. The van der Waals surface area contributed by atoms with Crippen LogP contribution in [0.4, 0.5) is 11.6 Å². The largest absolute Gasteiger partial charge is 0.384 e. The van der Waals surface area contributed by atoms with Crippen molar-refractivity contribution in [2.24, 2.45) is 5.73 Å². The number of amides is 1. The van der Waals surface area contributed by atoms with E-state index < -0.39 is 11.4 Å². The maximum absolute atomic E-state index is 11.2. The number of anilines is 2. The van der Waals surface area contributed by atoms with Crippen LogP contribution in [0.1, 0.15) is 19.7 Å². The summed E-state index contributed by atoms with van der Waals surface area (Å²) in [6, 6.07) is 1.53. The highest BCUT2D eigenvalue weighted by Crippen LogP contribution is 2.15. The molecule has 5 N–H and O–H groups in total. The second-order valence-corrected chi connectivity index (χ2v) is 4.14. The maximum Gasteiger partial charge on any atom is 0.242 e. The standard InChI is InChI=1S/C10H17N5O2/c1-10(2,9(12)16)15-7-4-6(11)13-8(14-7)5-17-3/h4H,5H2,1-3H3,(H2,12,16)(H3,11,13,14,15). The van der Waals surface area contributed by atoms with Gasteiger partial charge in [0.15, 0.2) is 5.82 Å². The number of carbonyl (C=O) groups excluding carboxylic acids is 1. The normalized spacial score (nSPS) is 11.2. The smallest absolute Gasteiger partial charge is 0.242 e. The van der Waals surface area contributed by atoms with Crippen LogP contribution < -0.4 is 16.8 Å². The quantitative estimate of drug-likeness (QED) is 0.659. The average Bonchev–Trinajstić information content (AvgIpc) is 2.15. The molecule has 1 amide bonds. The van der Waals surface area contributed by atoms with Crippen LogP contribution in [0, 0.1) is 0 Å². The minimum absolute atomic E-state index is 0.247. The lowest BCUT2D eigenvalue weighted by Crippen LogP contribution is -2.45. The van der Waals surface area contributed by atoms with Crippen LogP contribution in [-0.4, -0.2) is 28.5 Å². The number of nitrogens with one attached hydrogen (secondary N) is 1. The number of primary amides is 1. The molecule has 1 heterocycles. The van der Waals surface area contributed by atoms with Crippen LogP contribution in [-0.2, 0) is 16.1 Å². The molecule has 7 nitrogen and oxygen atoms in total. The summed E-state index contributed by atoms with van der Waals surface area (Å²) in [5.74, 6) is 0.696. The number of methoxy groups -OCH3 is 1. The Morgan fingerprint density at radius 2 is 2.18 bits per heavy atom. The van der Waals surface area contributed by atoms with Gasteiger partial charge in [0.25, 0.3) is 0 Å². The van der Waals surface area contributed by atoms with E-state index in [0.29, 0.717) is 17.5 Å². The van der Waals surface area contributed by atoms with Crippen molar-refractivity contribution >= 4 is 17.5 Å². The molecule has 7 heteroatoms. The first-order chi connectivity index (χ1) is 7.85. The third kappa shape index (κ3) is 3.56. The van der Waals surface area contributed by atoms with Crippen molar-refractivity contribution in [1.82, 2.24) is 9.97 Å². The van der Waals surface area contributed by atoms with Crippen LogP contribution in [0.2, 0.25) is 0 Å². The van der Waals surface area contributed by atoms with Crippen molar-refractivity contribution in [1.29, 1.82) is 0 Å². The van der Waals surface area contributed by atoms with Crippen molar-refractivity contribution in [2.45, 2.75) is 26.0 Å². The van der Waals surface area contributed by atoms with Crippen molar-refractivity contribution < 1.29 is 9.53 Å². The molecule has 0 aliphatic heterocycles. The summed E-state index contributed by atoms with van der Waals surface area (Å²) >= 11 is 0. The van der Waals surface area contributed by atoms with Crippen molar-refractivity contribution in [3.05, 3.63) is 11.9 Å². The Balaban J connectivity index is 2.95. The van der Waals surface area contributed by atoms with Crippen molar-refractivity contribution in [2.75, 3.05) is 18.2 Å². The molecule has 17 heavy (non-hydrogen) atoms. The molecule has 0 radical (unpaired) electrons. The van der Waals surface area contributed by atoms with Gasteiger partial charge in [-0.1, -0.05) is 0 Å². The van der Waals surface area contributed by atoms with Crippen molar-refractivity contribution in [3.63, 3.8) is 0 Å². The topological polar surface area (TPSA) is 116 Å². The second kappa shape index (κ2) is 4.96. The van der Waals surface area contributed by atoms with Crippen LogP contribution in [0.3, 0.4) is 0 Å². The van der Waals surface area contributed by atoms with E-state index in [1.807, 2.05) is 0 Å². The molecular weight excluding hydrogens is 222 g/mol. The fourth-order valence-corrected chi connectivity index (χ4v) is 1.16. The number of nitrogens with two attached hydrogens (primary N) is 2. The van der Waals surface area contributed by atoms with E-state index in [1.165, 1.54) is 13.2 Å². The molecule has 1 rings (SSSR count). The van der Waals surface area contributed by atoms with Gasteiger partial charge < -0.3 is 21.5 Å². The second-order valence-electron chi connectivity index (χ2n) is 4.14. The van der Waals surface area contributed by atoms with E-state index >= 15 is 0 Å². The Morgan fingerprint density at radius 3 is 2.71 bits per heavy atom. The summed E-state index contributed by atoms with van der Waals surface area (Å²) in [5, 5.41) is 2.90. The summed E-state index contributed by atoms with van der Waals surface area (Å²) in [5.41, 5.74) is 9.96. The lowest BCUT2D eigenvalue weighted by atomic mass is 10.1.